The second-order valence-corrected chi connectivity index (χ2v) is 9.20. The van der Waals surface area contributed by atoms with E-state index in [9.17, 15) is 14.7 Å². The van der Waals surface area contributed by atoms with Crippen LogP contribution in [0.3, 0.4) is 0 Å². The quantitative estimate of drug-likeness (QED) is 0.770. The average molecular weight is 361 g/mol. The summed E-state index contributed by atoms with van der Waals surface area (Å²) < 4.78 is 0. The molecule has 25 heavy (non-hydrogen) atoms. The molecule has 0 aromatic rings. The third kappa shape index (κ3) is 2.03. The summed E-state index contributed by atoms with van der Waals surface area (Å²) in [5.74, 6) is 0.678. The van der Waals surface area contributed by atoms with Crippen LogP contribution in [0.5, 0.6) is 0 Å². The Bertz CT molecular complexity index is 763. The molecular formula is C21H25ClO3. The molecule has 0 aromatic heterocycles. The van der Waals surface area contributed by atoms with Gasteiger partial charge in [0, 0.05) is 15.9 Å². The Morgan fingerprint density at radius 3 is 2.60 bits per heavy atom. The molecule has 1 N–H and O–H groups in total. The molecule has 134 valence electrons. The monoisotopic (exact) mass is 360 g/mol. The molecule has 0 bridgehead atoms. The van der Waals surface area contributed by atoms with Gasteiger partial charge in [0.1, 0.15) is 5.60 Å². The molecule has 2 saturated carbocycles. The fraction of sp³-hybridized carbons (Fsp3) is 0.619. The van der Waals surface area contributed by atoms with E-state index in [1.54, 1.807) is 12.2 Å². The summed E-state index contributed by atoms with van der Waals surface area (Å²) in [7, 11) is 0. The maximum Gasteiger partial charge on any atom is 0.178 e. The lowest BCUT2D eigenvalue weighted by Crippen LogP contribution is -2.56. The van der Waals surface area contributed by atoms with Crippen LogP contribution in [-0.2, 0) is 9.59 Å². The minimum atomic E-state index is -1.22. The molecule has 4 aliphatic rings. The molecule has 0 radical (unpaired) electrons. The second kappa shape index (κ2) is 5.17. The minimum absolute atomic E-state index is 0.00931. The van der Waals surface area contributed by atoms with Gasteiger partial charge in [0.15, 0.2) is 11.6 Å². The Morgan fingerprint density at radius 1 is 1.24 bits per heavy atom. The number of hydrogen-bond acceptors (Lipinski definition) is 3. The maximum absolute atomic E-state index is 12.2. The number of fused-ring (bicyclic) bond motifs is 5. The number of ketones is 2. The second-order valence-electron chi connectivity index (χ2n) is 8.79. The lowest BCUT2D eigenvalue weighted by atomic mass is 9.49. The van der Waals surface area contributed by atoms with Gasteiger partial charge in [-0.1, -0.05) is 37.6 Å². The standard InChI is InChI=1S/C21H25ClO3/c1-12(23)21(25)9-6-16-14-11-18(22)17-10-13(24)4-7-19(17,2)15(14)5-8-20(16,21)3/h4,7,10-11,14-16,25H,5-6,8-9H2,1-3H3. The van der Waals surface area contributed by atoms with Crippen LogP contribution in [0.1, 0.15) is 46.5 Å². The first-order valence-corrected chi connectivity index (χ1v) is 9.58. The molecule has 0 saturated heterocycles. The SMILES string of the molecule is CC(=O)C1(O)CCC2C3C=C(Cl)C4=CC(=O)C=CC4(C)C3CCC21C. The van der Waals surface area contributed by atoms with Crippen LogP contribution in [0.4, 0.5) is 0 Å². The van der Waals surface area contributed by atoms with E-state index < -0.39 is 11.0 Å². The van der Waals surface area contributed by atoms with Gasteiger partial charge in [-0.25, -0.2) is 0 Å². The number of rotatable bonds is 1. The van der Waals surface area contributed by atoms with Gasteiger partial charge in [0.25, 0.3) is 0 Å². The molecule has 4 heteroatoms. The zero-order chi connectivity index (χ0) is 18.2. The van der Waals surface area contributed by atoms with E-state index in [0.717, 1.165) is 24.8 Å². The molecule has 4 rings (SSSR count). The molecule has 4 aliphatic carbocycles. The van der Waals surface area contributed by atoms with Crippen molar-refractivity contribution in [2.75, 3.05) is 0 Å². The Kier molecular flexibility index (Phi) is 3.56. The normalized spacial score (nSPS) is 48.2. The summed E-state index contributed by atoms with van der Waals surface area (Å²) in [5, 5.41) is 11.8. The predicted octanol–water partition coefficient (Wildman–Crippen LogP) is 3.96. The molecule has 6 unspecified atom stereocenters. The molecule has 0 heterocycles. The van der Waals surface area contributed by atoms with Crippen molar-refractivity contribution < 1.29 is 14.7 Å². The van der Waals surface area contributed by atoms with Gasteiger partial charge in [0.2, 0.25) is 0 Å². The molecule has 0 amide bonds. The summed E-state index contributed by atoms with van der Waals surface area (Å²) in [5.41, 5.74) is -0.952. The number of aliphatic hydroxyl groups is 1. The molecular weight excluding hydrogens is 336 g/mol. The van der Waals surface area contributed by atoms with E-state index in [0.29, 0.717) is 17.4 Å². The lowest BCUT2D eigenvalue weighted by Gasteiger charge is -2.56. The van der Waals surface area contributed by atoms with E-state index in [2.05, 4.69) is 19.9 Å². The van der Waals surface area contributed by atoms with Crippen molar-refractivity contribution in [1.82, 2.24) is 0 Å². The van der Waals surface area contributed by atoms with Crippen LogP contribution >= 0.6 is 11.6 Å². The van der Waals surface area contributed by atoms with Gasteiger partial charge in [-0.05, 0) is 68.1 Å². The fourth-order valence-electron chi connectivity index (χ4n) is 6.32. The Labute approximate surface area is 153 Å². The van der Waals surface area contributed by atoms with E-state index in [-0.39, 0.29) is 28.8 Å². The summed E-state index contributed by atoms with van der Waals surface area (Å²) >= 11 is 6.61. The Morgan fingerprint density at radius 2 is 1.92 bits per heavy atom. The van der Waals surface area contributed by atoms with E-state index in [1.165, 1.54) is 6.92 Å². The summed E-state index contributed by atoms with van der Waals surface area (Å²) in [6, 6.07) is 0. The van der Waals surface area contributed by atoms with Crippen LogP contribution in [0.2, 0.25) is 0 Å². The molecule has 0 aliphatic heterocycles. The van der Waals surface area contributed by atoms with Crippen molar-refractivity contribution >= 4 is 23.2 Å². The van der Waals surface area contributed by atoms with Crippen molar-refractivity contribution in [2.45, 2.75) is 52.1 Å². The highest BCUT2D eigenvalue weighted by atomic mass is 35.5. The number of halogens is 1. The smallest absolute Gasteiger partial charge is 0.178 e. The number of Topliss-reactive ketones (excluding diaryl/α,β-unsaturated/α-hetero) is 1. The molecule has 0 spiro atoms. The number of allylic oxidation sites excluding steroid dienone is 6. The average Bonchev–Trinajstić information content (AvgIpc) is 2.83. The van der Waals surface area contributed by atoms with Crippen molar-refractivity contribution in [1.29, 1.82) is 0 Å². The zero-order valence-corrected chi connectivity index (χ0v) is 15.8. The highest BCUT2D eigenvalue weighted by Crippen LogP contribution is 2.66. The van der Waals surface area contributed by atoms with Crippen molar-refractivity contribution in [3.05, 3.63) is 34.9 Å². The van der Waals surface area contributed by atoms with Crippen molar-refractivity contribution in [3.63, 3.8) is 0 Å². The maximum atomic E-state index is 12.2. The third-order valence-corrected chi connectivity index (χ3v) is 8.22. The van der Waals surface area contributed by atoms with Gasteiger partial charge in [-0.15, -0.1) is 0 Å². The van der Waals surface area contributed by atoms with Crippen molar-refractivity contribution in [2.24, 2.45) is 28.6 Å². The molecule has 3 nitrogen and oxygen atoms in total. The van der Waals surface area contributed by atoms with Gasteiger partial charge in [-0.2, -0.15) is 0 Å². The molecule has 2 fully saturated rings. The predicted molar refractivity (Wildman–Crippen MR) is 96.9 cm³/mol. The van der Waals surface area contributed by atoms with Crippen LogP contribution < -0.4 is 0 Å². The molecule has 6 atom stereocenters. The molecule has 0 aromatic carbocycles. The van der Waals surface area contributed by atoms with E-state index >= 15 is 0 Å². The largest absolute Gasteiger partial charge is 0.382 e. The Balaban J connectivity index is 1.81. The zero-order valence-electron chi connectivity index (χ0n) is 15.0. The van der Waals surface area contributed by atoms with E-state index in [1.807, 2.05) is 6.08 Å². The van der Waals surface area contributed by atoms with Crippen molar-refractivity contribution in [3.8, 4) is 0 Å². The van der Waals surface area contributed by atoms with Crippen LogP contribution in [-0.4, -0.2) is 22.3 Å². The van der Waals surface area contributed by atoms with Gasteiger partial charge < -0.3 is 5.11 Å². The highest BCUT2D eigenvalue weighted by Gasteiger charge is 2.65. The summed E-state index contributed by atoms with van der Waals surface area (Å²) in [6.07, 6.45) is 10.6. The van der Waals surface area contributed by atoms with Gasteiger partial charge >= 0.3 is 0 Å². The Hall–Kier alpha value is -1.19. The number of carbonyl (C=O) groups is 2. The number of carbonyl (C=O) groups excluding carboxylic acids is 2. The highest BCUT2D eigenvalue weighted by molar-refractivity contribution is 6.32. The van der Waals surface area contributed by atoms with Gasteiger partial charge in [0.05, 0.1) is 0 Å². The van der Waals surface area contributed by atoms with E-state index in [4.69, 9.17) is 11.6 Å². The van der Waals surface area contributed by atoms with Crippen LogP contribution in [0.15, 0.2) is 34.9 Å². The first kappa shape index (κ1) is 17.2. The lowest BCUT2D eigenvalue weighted by molar-refractivity contribution is -0.155. The van der Waals surface area contributed by atoms with Gasteiger partial charge in [-0.3, -0.25) is 9.59 Å². The number of hydrogen-bond donors (Lipinski definition) is 1. The summed E-state index contributed by atoms with van der Waals surface area (Å²) in [6.45, 7) is 5.77. The fourth-order valence-corrected chi connectivity index (χ4v) is 6.73. The first-order valence-electron chi connectivity index (χ1n) is 9.20. The minimum Gasteiger partial charge on any atom is -0.382 e. The topological polar surface area (TPSA) is 54.4 Å². The third-order valence-electron chi connectivity index (χ3n) is 7.89. The van der Waals surface area contributed by atoms with Crippen LogP contribution in [0.25, 0.3) is 0 Å². The summed E-state index contributed by atoms with van der Waals surface area (Å²) in [4.78, 5) is 24.1. The van der Waals surface area contributed by atoms with Crippen LogP contribution in [0, 0.1) is 28.6 Å². The first-order chi connectivity index (χ1) is 11.6.